The summed E-state index contributed by atoms with van der Waals surface area (Å²) in [6, 6.07) is 10.8. The Bertz CT molecular complexity index is 525. The van der Waals surface area contributed by atoms with Gasteiger partial charge < -0.3 is 14.6 Å². The van der Waals surface area contributed by atoms with E-state index in [2.05, 4.69) is 16.0 Å². The minimum Gasteiger partial charge on any atom is -0.385 e. The van der Waals surface area contributed by atoms with Crippen molar-refractivity contribution >= 4 is 0 Å². The first-order valence-corrected chi connectivity index (χ1v) is 6.87. The first-order valence-electron chi connectivity index (χ1n) is 6.87. The molecule has 0 unspecified atom stereocenters. The number of benzene rings is 1. The Labute approximate surface area is 119 Å². The Hall–Kier alpha value is -1.65. The van der Waals surface area contributed by atoms with Crippen LogP contribution in [0, 0.1) is 5.82 Å². The standard InChI is InChI=1S/C16H21FN2O/c1-20-10-4-8-18-12-16-7-3-9-19(16)13-14-5-2-6-15(17)11-14/h2-3,5-7,9,11,18H,4,8,10,12-13H2,1H3. The molecule has 2 aromatic rings. The largest absolute Gasteiger partial charge is 0.385 e. The summed E-state index contributed by atoms with van der Waals surface area (Å²) in [6.45, 7) is 3.21. The quantitative estimate of drug-likeness (QED) is 0.750. The SMILES string of the molecule is COCCCNCc1cccn1Cc1cccc(F)c1. The second kappa shape index (κ2) is 7.82. The van der Waals surface area contributed by atoms with Gasteiger partial charge in [-0.15, -0.1) is 0 Å². The highest BCUT2D eigenvalue weighted by atomic mass is 19.1. The number of hydrogen-bond donors (Lipinski definition) is 1. The fourth-order valence-corrected chi connectivity index (χ4v) is 2.15. The Morgan fingerprint density at radius 3 is 2.95 bits per heavy atom. The van der Waals surface area contributed by atoms with Gasteiger partial charge in [-0.05, 0) is 42.8 Å². The molecule has 0 aliphatic heterocycles. The molecule has 0 radical (unpaired) electrons. The van der Waals surface area contributed by atoms with E-state index in [1.807, 2.05) is 18.3 Å². The molecule has 0 bridgehead atoms. The number of halogens is 1. The van der Waals surface area contributed by atoms with E-state index in [1.54, 1.807) is 19.2 Å². The Balaban J connectivity index is 1.88. The van der Waals surface area contributed by atoms with E-state index in [-0.39, 0.29) is 5.82 Å². The lowest BCUT2D eigenvalue weighted by Crippen LogP contribution is -2.18. The molecule has 0 spiro atoms. The Morgan fingerprint density at radius 2 is 2.15 bits per heavy atom. The smallest absolute Gasteiger partial charge is 0.123 e. The maximum absolute atomic E-state index is 13.2. The monoisotopic (exact) mass is 276 g/mol. The average molecular weight is 276 g/mol. The number of nitrogens with zero attached hydrogens (tertiary/aromatic N) is 1. The molecule has 2 rings (SSSR count). The van der Waals surface area contributed by atoms with E-state index in [1.165, 1.54) is 11.8 Å². The second-order valence-corrected chi connectivity index (χ2v) is 4.78. The van der Waals surface area contributed by atoms with Gasteiger partial charge in [0.05, 0.1) is 0 Å². The van der Waals surface area contributed by atoms with E-state index >= 15 is 0 Å². The van der Waals surface area contributed by atoms with Crippen LogP contribution in [0.15, 0.2) is 42.6 Å². The molecule has 4 heteroatoms. The van der Waals surface area contributed by atoms with Crippen LogP contribution < -0.4 is 5.32 Å². The number of methoxy groups -OCH3 is 1. The maximum atomic E-state index is 13.2. The summed E-state index contributed by atoms with van der Waals surface area (Å²) < 4.78 is 20.3. The van der Waals surface area contributed by atoms with Gasteiger partial charge >= 0.3 is 0 Å². The fourth-order valence-electron chi connectivity index (χ4n) is 2.15. The van der Waals surface area contributed by atoms with E-state index in [4.69, 9.17) is 4.74 Å². The van der Waals surface area contributed by atoms with Crippen LogP contribution in [0.1, 0.15) is 17.7 Å². The third-order valence-corrected chi connectivity index (χ3v) is 3.17. The molecule has 1 N–H and O–H groups in total. The maximum Gasteiger partial charge on any atom is 0.123 e. The van der Waals surface area contributed by atoms with Crippen molar-refractivity contribution in [2.75, 3.05) is 20.3 Å². The van der Waals surface area contributed by atoms with Gasteiger partial charge in [0.25, 0.3) is 0 Å². The fraction of sp³-hybridized carbons (Fsp3) is 0.375. The number of hydrogen-bond acceptors (Lipinski definition) is 2. The van der Waals surface area contributed by atoms with Crippen molar-refractivity contribution in [3.8, 4) is 0 Å². The lowest BCUT2D eigenvalue weighted by molar-refractivity contribution is 0.194. The minimum atomic E-state index is -0.186. The van der Waals surface area contributed by atoms with E-state index in [0.29, 0.717) is 6.54 Å². The molecule has 0 aliphatic rings. The molecule has 108 valence electrons. The lowest BCUT2D eigenvalue weighted by atomic mass is 10.2. The van der Waals surface area contributed by atoms with Crippen molar-refractivity contribution < 1.29 is 9.13 Å². The molecule has 3 nitrogen and oxygen atoms in total. The molecule has 0 saturated carbocycles. The van der Waals surface area contributed by atoms with Gasteiger partial charge in [0.2, 0.25) is 0 Å². The van der Waals surface area contributed by atoms with Gasteiger partial charge in [-0.2, -0.15) is 0 Å². The van der Waals surface area contributed by atoms with E-state index in [9.17, 15) is 4.39 Å². The highest BCUT2D eigenvalue weighted by molar-refractivity contribution is 5.18. The van der Waals surface area contributed by atoms with Crippen LogP contribution in [0.5, 0.6) is 0 Å². The molecular weight excluding hydrogens is 255 g/mol. The van der Waals surface area contributed by atoms with Crippen molar-refractivity contribution in [2.24, 2.45) is 0 Å². The van der Waals surface area contributed by atoms with E-state index < -0.39 is 0 Å². The third-order valence-electron chi connectivity index (χ3n) is 3.17. The van der Waals surface area contributed by atoms with Crippen LogP contribution >= 0.6 is 0 Å². The molecule has 0 aliphatic carbocycles. The zero-order valence-electron chi connectivity index (χ0n) is 11.8. The van der Waals surface area contributed by atoms with Crippen LogP contribution in [-0.4, -0.2) is 24.8 Å². The Kier molecular flexibility index (Phi) is 5.77. The topological polar surface area (TPSA) is 26.2 Å². The molecule has 1 aromatic heterocycles. The number of ether oxygens (including phenoxy) is 1. The zero-order chi connectivity index (χ0) is 14.2. The second-order valence-electron chi connectivity index (χ2n) is 4.78. The first-order chi connectivity index (χ1) is 9.79. The normalized spacial score (nSPS) is 10.9. The minimum absolute atomic E-state index is 0.186. The van der Waals surface area contributed by atoms with Crippen LogP contribution in [0.4, 0.5) is 4.39 Å². The van der Waals surface area contributed by atoms with Gasteiger partial charge in [0.1, 0.15) is 5.82 Å². The molecular formula is C16H21FN2O. The van der Waals surface area contributed by atoms with Crippen molar-refractivity contribution in [3.05, 3.63) is 59.7 Å². The summed E-state index contributed by atoms with van der Waals surface area (Å²) in [5.41, 5.74) is 2.17. The van der Waals surface area contributed by atoms with Crippen LogP contribution in [0.2, 0.25) is 0 Å². The van der Waals surface area contributed by atoms with Gasteiger partial charge in [-0.25, -0.2) is 4.39 Å². The third kappa shape index (κ3) is 4.47. The number of rotatable bonds is 8. The molecule has 0 fully saturated rings. The molecule has 0 amide bonds. The number of aromatic nitrogens is 1. The van der Waals surface area contributed by atoms with E-state index in [0.717, 1.165) is 31.7 Å². The van der Waals surface area contributed by atoms with Crippen LogP contribution in [-0.2, 0) is 17.8 Å². The van der Waals surface area contributed by atoms with Gasteiger partial charge in [0.15, 0.2) is 0 Å². The predicted molar refractivity (Wildman–Crippen MR) is 78.1 cm³/mol. The van der Waals surface area contributed by atoms with Crippen molar-refractivity contribution in [2.45, 2.75) is 19.5 Å². The summed E-state index contributed by atoms with van der Waals surface area (Å²) in [6.07, 6.45) is 3.03. The average Bonchev–Trinajstić information content (AvgIpc) is 2.86. The summed E-state index contributed by atoms with van der Waals surface area (Å²) >= 11 is 0. The summed E-state index contributed by atoms with van der Waals surface area (Å²) in [5, 5.41) is 3.39. The van der Waals surface area contributed by atoms with Gasteiger partial charge in [0, 0.05) is 38.7 Å². The highest BCUT2D eigenvalue weighted by Gasteiger charge is 2.02. The van der Waals surface area contributed by atoms with Crippen LogP contribution in [0.25, 0.3) is 0 Å². The zero-order valence-corrected chi connectivity index (χ0v) is 11.8. The first kappa shape index (κ1) is 14.8. The lowest BCUT2D eigenvalue weighted by Gasteiger charge is -2.10. The molecule has 20 heavy (non-hydrogen) atoms. The van der Waals surface area contributed by atoms with Gasteiger partial charge in [-0.3, -0.25) is 0 Å². The van der Waals surface area contributed by atoms with Crippen molar-refractivity contribution in [3.63, 3.8) is 0 Å². The molecule has 0 saturated heterocycles. The summed E-state index contributed by atoms with van der Waals surface area (Å²) in [5.74, 6) is -0.186. The highest BCUT2D eigenvalue weighted by Crippen LogP contribution is 2.09. The Morgan fingerprint density at radius 1 is 1.25 bits per heavy atom. The van der Waals surface area contributed by atoms with Crippen molar-refractivity contribution in [1.82, 2.24) is 9.88 Å². The molecule has 0 atom stereocenters. The molecule has 1 aromatic carbocycles. The number of nitrogens with one attached hydrogen (secondary N) is 1. The summed E-state index contributed by atoms with van der Waals surface area (Å²) in [4.78, 5) is 0. The predicted octanol–water partition coefficient (Wildman–Crippen LogP) is 2.80. The van der Waals surface area contributed by atoms with Crippen molar-refractivity contribution in [1.29, 1.82) is 0 Å². The summed E-state index contributed by atoms with van der Waals surface area (Å²) in [7, 11) is 1.71. The van der Waals surface area contributed by atoms with Gasteiger partial charge in [-0.1, -0.05) is 12.1 Å². The van der Waals surface area contributed by atoms with Crippen LogP contribution in [0.3, 0.4) is 0 Å². The molecule has 1 heterocycles.